The van der Waals surface area contributed by atoms with Crippen LogP contribution in [0.4, 0.5) is 8.78 Å². The molecule has 2 nitrogen and oxygen atoms in total. The summed E-state index contributed by atoms with van der Waals surface area (Å²) >= 11 is 0. The van der Waals surface area contributed by atoms with E-state index < -0.39 is 11.6 Å². The van der Waals surface area contributed by atoms with Crippen molar-refractivity contribution in [2.45, 2.75) is 96.8 Å². The number of aryl methyl sites for hydroxylation is 1. The number of ether oxygens (including phenoxy) is 1. The Morgan fingerprint density at radius 2 is 1.54 bits per heavy atom. The number of halogens is 2. The van der Waals surface area contributed by atoms with Crippen LogP contribution >= 0.6 is 0 Å². The molecule has 0 saturated carbocycles. The molecule has 0 bridgehead atoms. The second-order valence-electron chi connectivity index (χ2n) is 9.09. The van der Waals surface area contributed by atoms with Crippen LogP contribution < -0.4 is 4.74 Å². The zero-order chi connectivity index (χ0) is 25.1. The fraction of sp³-hybridized carbons (Fsp3) is 0.516. The molecule has 0 aliphatic carbocycles. The normalized spacial score (nSPS) is 10.6. The minimum Gasteiger partial charge on any atom is -0.490 e. The number of benzene rings is 1. The van der Waals surface area contributed by atoms with E-state index in [9.17, 15) is 8.78 Å². The zero-order valence-corrected chi connectivity index (χ0v) is 21.4. The third kappa shape index (κ3) is 11.5. The van der Waals surface area contributed by atoms with Gasteiger partial charge in [-0.1, -0.05) is 82.6 Å². The average Bonchev–Trinajstić information content (AvgIpc) is 2.87. The first-order valence-electron chi connectivity index (χ1n) is 13.3. The minimum atomic E-state index is -0.984. The Labute approximate surface area is 211 Å². The van der Waals surface area contributed by atoms with Crippen molar-refractivity contribution in [2.24, 2.45) is 0 Å². The highest BCUT2D eigenvalue weighted by Crippen LogP contribution is 2.23. The topological polar surface area (TPSA) is 22.1 Å². The molecular weight excluding hydrogens is 440 g/mol. The van der Waals surface area contributed by atoms with Crippen molar-refractivity contribution < 1.29 is 13.5 Å². The molecule has 0 saturated heterocycles. The monoisotopic (exact) mass is 481 g/mol. The van der Waals surface area contributed by atoms with Gasteiger partial charge in [-0.2, -0.15) is 4.39 Å². The number of pyridine rings is 1. The van der Waals surface area contributed by atoms with Crippen LogP contribution in [0.25, 0.3) is 0 Å². The van der Waals surface area contributed by atoms with Crippen molar-refractivity contribution in [3.8, 4) is 17.6 Å². The van der Waals surface area contributed by atoms with E-state index >= 15 is 0 Å². The molecule has 1 heterocycles. The summed E-state index contributed by atoms with van der Waals surface area (Å²) in [7, 11) is 0. The first-order valence-corrected chi connectivity index (χ1v) is 13.3. The number of allylic oxidation sites excluding steroid dienone is 1. The van der Waals surface area contributed by atoms with Crippen LogP contribution in [0.2, 0.25) is 0 Å². The molecule has 0 aliphatic heterocycles. The number of aromatic nitrogens is 1. The molecule has 1 aromatic heterocycles. The fourth-order valence-electron chi connectivity index (χ4n) is 3.89. The smallest absolute Gasteiger partial charge is 0.201 e. The van der Waals surface area contributed by atoms with Crippen LogP contribution in [0.5, 0.6) is 5.75 Å². The van der Waals surface area contributed by atoms with Crippen molar-refractivity contribution in [2.75, 3.05) is 6.61 Å². The summed E-state index contributed by atoms with van der Waals surface area (Å²) < 4.78 is 34.3. The quantitative estimate of drug-likeness (QED) is 0.128. The van der Waals surface area contributed by atoms with E-state index in [1.165, 1.54) is 57.1 Å². The van der Waals surface area contributed by atoms with Gasteiger partial charge in [-0.05, 0) is 56.4 Å². The summed E-state index contributed by atoms with van der Waals surface area (Å²) in [6, 6.07) is 6.78. The van der Waals surface area contributed by atoms with Crippen LogP contribution in [0, 0.1) is 23.5 Å². The Hall–Kier alpha value is -2.67. The fourth-order valence-corrected chi connectivity index (χ4v) is 3.89. The van der Waals surface area contributed by atoms with Gasteiger partial charge in [-0.3, -0.25) is 4.98 Å². The third-order valence-electron chi connectivity index (χ3n) is 6.06. The lowest BCUT2D eigenvalue weighted by molar-refractivity contribution is 0.285. The van der Waals surface area contributed by atoms with Gasteiger partial charge in [0.25, 0.3) is 0 Å². The molecule has 0 fully saturated rings. The third-order valence-corrected chi connectivity index (χ3v) is 6.06. The molecule has 190 valence electrons. The van der Waals surface area contributed by atoms with Gasteiger partial charge in [0.2, 0.25) is 5.82 Å². The van der Waals surface area contributed by atoms with Crippen LogP contribution in [0.1, 0.15) is 107 Å². The molecule has 0 amide bonds. The number of rotatable bonds is 17. The second kappa shape index (κ2) is 17.7. The number of hydrogen-bond acceptors (Lipinski definition) is 2. The number of nitrogens with zero attached hydrogens (tertiary/aromatic N) is 1. The van der Waals surface area contributed by atoms with Gasteiger partial charge >= 0.3 is 0 Å². The van der Waals surface area contributed by atoms with E-state index in [0.29, 0.717) is 12.2 Å². The first kappa shape index (κ1) is 28.6. The highest BCUT2D eigenvalue weighted by atomic mass is 19.2. The molecule has 0 spiro atoms. The standard InChI is InChI=1S/C31H41F2NO/c1-3-5-7-9-11-12-13-15-17-28-22-19-26(25-34-28)18-20-27-21-23-29(31(33)30(27)32)35-24-16-14-10-8-6-4-2/h4,19,21-23,25H,2-3,5-17,24H2,1H3. The number of unbranched alkanes of at least 4 members (excludes halogenated alkanes) is 11. The average molecular weight is 482 g/mol. The molecule has 4 heteroatoms. The summed E-state index contributed by atoms with van der Waals surface area (Å²) in [6.07, 6.45) is 19.9. The van der Waals surface area contributed by atoms with Crippen molar-refractivity contribution in [1.29, 1.82) is 0 Å². The van der Waals surface area contributed by atoms with E-state index in [1.807, 2.05) is 18.2 Å². The van der Waals surface area contributed by atoms with Crippen LogP contribution in [0.15, 0.2) is 43.1 Å². The molecule has 0 N–H and O–H groups in total. The summed E-state index contributed by atoms with van der Waals surface area (Å²) in [5, 5.41) is 0. The highest BCUT2D eigenvalue weighted by molar-refractivity contribution is 5.45. The lowest BCUT2D eigenvalue weighted by Crippen LogP contribution is -2.02. The summed E-state index contributed by atoms with van der Waals surface area (Å²) in [6.45, 7) is 6.31. The Morgan fingerprint density at radius 3 is 2.26 bits per heavy atom. The Balaban J connectivity index is 1.77. The maximum atomic E-state index is 14.5. The molecule has 0 aliphatic rings. The van der Waals surface area contributed by atoms with Crippen LogP contribution in [0.3, 0.4) is 0 Å². The molecule has 0 radical (unpaired) electrons. The maximum Gasteiger partial charge on any atom is 0.201 e. The van der Waals surface area contributed by atoms with E-state index in [1.54, 1.807) is 6.20 Å². The predicted octanol–water partition coefficient (Wildman–Crippen LogP) is 8.96. The van der Waals surface area contributed by atoms with Gasteiger partial charge in [0.1, 0.15) is 0 Å². The van der Waals surface area contributed by atoms with Crippen molar-refractivity contribution in [3.63, 3.8) is 0 Å². The van der Waals surface area contributed by atoms with Gasteiger partial charge in [-0.25, -0.2) is 4.39 Å². The largest absolute Gasteiger partial charge is 0.490 e. The van der Waals surface area contributed by atoms with E-state index in [-0.39, 0.29) is 11.3 Å². The van der Waals surface area contributed by atoms with Crippen LogP contribution in [-0.4, -0.2) is 11.6 Å². The van der Waals surface area contributed by atoms with Gasteiger partial charge in [-0.15, -0.1) is 6.58 Å². The lowest BCUT2D eigenvalue weighted by Gasteiger charge is -2.08. The van der Waals surface area contributed by atoms with E-state index in [0.717, 1.165) is 50.6 Å². The summed E-state index contributed by atoms with van der Waals surface area (Å²) in [5.41, 5.74) is 1.74. The Kier molecular flexibility index (Phi) is 14.5. The van der Waals surface area contributed by atoms with Gasteiger partial charge in [0.15, 0.2) is 11.6 Å². The molecule has 2 rings (SSSR count). The Morgan fingerprint density at radius 1 is 0.829 bits per heavy atom. The molecule has 0 unspecified atom stereocenters. The van der Waals surface area contributed by atoms with Gasteiger partial charge < -0.3 is 4.74 Å². The summed E-state index contributed by atoms with van der Waals surface area (Å²) in [5.74, 6) is 3.59. The second-order valence-corrected chi connectivity index (χ2v) is 9.09. The SMILES string of the molecule is C=CCCCCCCOc1ccc(C#Cc2ccc(CCCCCCCCCC)nc2)c(F)c1F. The minimum absolute atomic E-state index is 0.0160. The van der Waals surface area contributed by atoms with E-state index in [4.69, 9.17) is 4.74 Å². The first-order chi connectivity index (χ1) is 17.2. The molecule has 1 aromatic carbocycles. The van der Waals surface area contributed by atoms with Gasteiger partial charge in [0.05, 0.1) is 12.2 Å². The maximum absolute atomic E-state index is 14.5. The van der Waals surface area contributed by atoms with E-state index in [2.05, 4.69) is 30.3 Å². The predicted molar refractivity (Wildman–Crippen MR) is 142 cm³/mol. The summed E-state index contributed by atoms with van der Waals surface area (Å²) in [4.78, 5) is 4.47. The highest BCUT2D eigenvalue weighted by Gasteiger charge is 2.13. The molecular formula is C31H41F2NO. The Bertz CT molecular complexity index is 927. The number of hydrogen-bond donors (Lipinski definition) is 0. The zero-order valence-electron chi connectivity index (χ0n) is 21.4. The van der Waals surface area contributed by atoms with Crippen molar-refractivity contribution >= 4 is 0 Å². The van der Waals surface area contributed by atoms with Crippen LogP contribution in [-0.2, 0) is 6.42 Å². The van der Waals surface area contributed by atoms with Gasteiger partial charge in [0, 0.05) is 17.5 Å². The molecule has 0 atom stereocenters. The van der Waals surface area contributed by atoms with Crippen molar-refractivity contribution in [3.05, 3.63) is 71.6 Å². The lowest BCUT2D eigenvalue weighted by atomic mass is 10.1. The van der Waals surface area contributed by atoms with Crippen molar-refractivity contribution in [1.82, 2.24) is 4.98 Å². The molecule has 2 aromatic rings. The molecule has 35 heavy (non-hydrogen) atoms.